The average molecular weight is 666 g/mol. The van der Waals surface area contributed by atoms with Crippen LogP contribution in [0.25, 0.3) is 56.2 Å². The second-order valence-corrected chi connectivity index (χ2v) is 14.5. The van der Waals surface area contributed by atoms with Gasteiger partial charge in [0.05, 0.1) is 18.2 Å². The topological polar surface area (TPSA) is 25.8 Å². The molecule has 1 heterocycles. The number of rotatable bonds is 4. The summed E-state index contributed by atoms with van der Waals surface area (Å²) in [5.74, 6) is 0.656. The van der Waals surface area contributed by atoms with Crippen molar-refractivity contribution >= 4 is 0 Å². The fraction of sp³-hybridized carbons (Fsp3) is 0.0800. The van der Waals surface area contributed by atoms with Crippen molar-refractivity contribution in [2.24, 2.45) is 0 Å². The van der Waals surface area contributed by atoms with Crippen LogP contribution in [0.4, 0.5) is 0 Å². The summed E-state index contributed by atoms with van der Waals surface area (Å²) in [6, 6.07) is 62.9. The third-order valence-electron chi connectivity index (χ3n) is 11.3. The molecule has 52 heavy (non-hydrogen) atoms. The molecule has 2 aliphatic rings. The molecule has 2 nitrogen and oxygen atoms in total. The molecule has 0 N–H and O–H groups in total. The van der Waals surface area contributed by atoms with Gasteiger partial charge in [-0.25, -0.2) is 9.97 Å². The molecular weight excluding hydrogens is 629 g/mol. The summed E-state index contributed by atoms with van der Waals surface area (Å²) < 4.78 is 8.77. The standard InChI is InChI=1S/C50H36N2/c1-49(2)41-24-11-13-26-43(41)50(44-27-14-12-25-42(44)49)40-23-10-9-22-38(40)39-29-28-37(31-45(39)50)47-32-46(51-48(52-47)34-18-7-4-8-19-34)36-21-15-20-35(30-36)33-16-5-3-6-17-33/h3-32H,1-2H3/i15D. The fourth-order valence-electron chi connectivity index (χ4n) is 8.90. The summed E-state index contributed by atoms with van der Waals surface area (Å²) in [5, 5.41) is 0. The van der Waals surface area contributed by atoms with E-state index >= 15 is 0 Å². The number of aromatic nitrogens is 2. The molecule has 0 bridgehead atoms. The van der Waals surface area contributed by atoms with Crippen molar-refractivity contribution < 1.29 is 1.37 Å². The van der Waals surface area contributed by atoms with Crippen LogP contribution in [0.1, 0.15) is 48.6 Å². The Morgan fingerprint density at radius 3 is 1.54 bits per heavy atom. The molecule has 2 aliphatic carbocycles. The lowest BCUT2D eigenvalue weighted by atomic mass is 9.55. The highest BCUT2D eigenvalue weighted by molar-refractivity contribution is 5.90. The lowest BCUT2D eigenvalue weighted by Gasteiger charge is -2.46. The highest BCUT2D eigenvalue weighted by Gasteiger charge is 2.53. The second-order valence-electron chi connectivity index (χ2n) is 14.5. The maximum atomic E-state index is 8.77. The Bertz CT molecular complexity index is 2660. The van der Waals surface area contributed by atoms with Crippen molar-refractivity contribution in [2.45, 2.75) is 24.7 Å². The first-order valence-corrected chi connectivity index (χ1v) is 18.0. The third-order valence-corrected chi connectivity index (χ3v) is 11.3. The summed E-state index contributed by atoms with van der Waals surface area (Å²) in [5.41, 5.74) is 16.4. The number of nitrogens with zero attached hydrogens (tertiary/aromatic N) is 2. The van der Waals surface area contributed by atoms with Crippen molar-refractivity contribution in [2.75, 3.05) is 0 Å². The molecule has 0 fully saturated rings. The molecular formula is C50H36N2. The molecule has 2 heteroatoms. The summed E-state index contributed by atoms with van der Waals surface area (Å²) in [7, 11) is 0. The fourth-order valence-corrected chi connectivity index (χ4v) is 8.90. The van der Waals surface area contributed by atoms with Gasteiger partial charge >= 0.3 is 0 Å². The predicted octanol–water partition coefficient (Wildman–Crippen LogP) is 12.1. The second kappa shape index (κ2) is 11.6. The first-order chi connectivity index (χ1) is 25.9. The van der Waals surface area contributed by atoms with Gasteiger partial charge in [0.15, 0.2) is 5.82 Å². The van der Waals surface area contributed by atoms with Crippen LogP contribution in [-0.2, 0) is 10.8 Å². The van der Waals surface area contributed by atoms with Gasteiger partial charge < -0.3 is 0 Å². The Balaban J connectivity index is 1.23. The number of hydrogen-bond donors (Lipinski definition) is 0. The quantitative estimate of drug-likeness (QED) is 0.187. The van der Waals surface area contributed by atoms with Gasteiger partial charge in [-0.2, -0.15) is 0 Å². The highest BCUT2D eigenvalue weighted by Crippen LogP contribution is 2.62. The lowest BCUT2D eigenvalue weighted by molar-refractivity contribution is 0.563. The molecule has 0 aliphatic heterocycles. The zero-order valence-electron chi connectivity index (χ0n) is 30.1. The predicted molar refractivity (Wildman–Crippen MR) is 213 cm³/mol. The first-order valence-electron chi connectivity index (χ1n) is 18.5. The number of benzene rings is 7. The van der Waals surface area contributed by atoms with E-state index in [1.165, 1.54) is 44.5 Å². The van der Waals surface area contributed by atoms with Crippen molar-refractivity contribution in [1.29, 1.82) is 0 Å². The van der Waals surface area contributed by atoms with E-state index in [9.17, 15) is 0 Å². The van der Waals surface area contributed by atoms with E-state index in [-0.39, 0.29) is 5.41 Å². The van der Waals surface area contributed by atoms with E-state index in [1.54, 1.807) is 0 Å². The molecule has 10 rings (SSSR count). The molecule has 0 atom stereocenters. The number of fused-ring (bicyclic) bond motifs is 9. The third kappa shape index (κ3) is 4.44. The van der Waals surface area contributed by atoms with E-state index < -0.39 is 5.41 Å². The minimum absolute atomic E-state index is 0.162. The van der Waals surface area contributed by atoms with E-state index in [4.69, 9.17) is 11.3 Å². The largest absolute Gasteiger partial charge is 0.228 e. The summed E-state index contributed by atoms with van der Waals surface area (Å²) in [4.78, 5) is 10.4. The maximum absolute atomic E-state index is 8.77. The SMILES string of the molecule is [2H]c1cc(-c2ccccc2)cc(-c2cc(-c3ccc4c(c3)C3(c5ccccc5-4)c4ccccc4C(C)(C)c4ccccc43)nc(-c3ccccc3)n2)c1. The van der Waals surface area contributed by atoms with Crippen molar-refractivity contribution in [3.63, 3.8) is 0 Å². The van der Waals surface area contributed by atoms with Gasteiger partial charge in [0.25, 0.3) is 0 Å². The molecule has 0 radical (unpaired) electrons. The average Bonchev–Trinajstić information content (AvgIpc) is 3.50. The van der Waals surface area contributed by atoms with E-state index in [0.717, 1.165) is 39.2 Å². The van der Waals surface area contributed by atoms with Crippen molar-refractivity contribution in [1.82, 2.24) is 9.97 Å². The molecule has 1 spiro atoms. The zero-order chi connectivity index (χ0) is 35.7. The van der Waals surface area contributed by atoms with Gasteiger partial charge in [0.2, 0.25) is 0 Å². The minimum atomic E-state index is -0.493. The Morgan fingerprint density at radius 1 is 0.385 bits per heavy atom. The molecule has 7 aromatic carbocycles. The van der Waals surface area contributed by atoms with Gasteiger partial charge in [0.1, 0.15) is 0 Å². The maximum Gasteiger partial charge on any atom is 0.160 e. The van der Waals surface area contributed by atoms with Gasteiger partial charge in [-0.05, 0) is 73.8 Å². The molecule has 8 aromatic rings. The van der Waals surface area contributed by atoms with Crippen molar-refractivity contribution in [3.05, 3.63) is 215 Å². The van der Waals surface area contributed by atoms with Crippen LogP contribution in [0.15, 0.2) is 182 Å². The first kappa shape index (κ1) is 29.4. The van der Waals surface area contributed by atoms with E-state index in [1.807, 2.05) is 48.5 Å². The molecule has 246 valence electrons. The van der Waals surface area contributed by atoms with Crippen LogP contribution in [0.2, 0.25) is 0 Å². The zero-order valence-corrected chi connectivity index (χ0v) is 29.1. The molecule has 0 amide bonds. The Hall–Kier alpha value is -6.38. The Kier molecular flexibility index (Phi) is 6.54. The van der Waals surface area contributed by atoms with Crippen LogP contribution in [0.3, 0.4) is 0 Å². The number of hydrogen-bond acceptors (Lipinski definition) is 2. The highest BCUT2D eigenvalue weighted by atomic mass is 14.9. The van der Waals surface area contributed by atoms with Gasteiger partial charge in [-0.3, -0.25) is 0 Å². The van der Waals surface area contributed by atoms with E-state index in [2.05, 4.69) is 141 Å². The van der Waals surface area contributed by atoms with Crippen LogP contribution in [-0.4, -0.2) is 9.97 Å². The lowest BCUT2D eigenvalue weighted by Crippen LogP contribution is -2.40. The molecule has 0 saturated heterocycles. The summed E-state index contributed by atoms with van der Waals surface area (Å²) in [6.45, 7) is 4.72. The van der Waals surface area contributed by atoms with Gasteiger partial charge in [-0.1, -0.05) is 178 Å². The monoisotopic (exact) mass is 665 g/mol. The van der Waals surface area contributed by atoms with Crippen LogP contribution in [0.5, 0.6) is 0 Å². The summed E-state index contributed by atoms with van der Waals surface area (Å²) >= 11 is 0. The van der Waals surface area contributed by atoms with Crippen molar-refractivity contribution in [3.8, 4) is 56.2 Å². The minimum Gasteiger partial charge on any atom is -0.228 e. The summed E-state index contributed by atoms with van der Waals surface area (Å²) in [6.07, 6.45) is 0. The molecule has 0 unspecified atom stereocenters. The van der Waals surface area contributed by atoms with Crippen LogP contribution >= 0.6 is 0 Å². The van der Waals surface area contributed by atoms with E-state index in [0.29, 0.717) is 11.9 Å². The Morgan fingerprint density at radius 2 is 0.885 bits per heavy atom. The Labute approximate surface area is 306 Å². The molecule has 0 saturated carbocycles. The van der Waals surface area contributed by atoms with Crippen LogP contribution < -0.4 is 0 Å². The normalized spacial score (nSPS) is 14.5. The smallest absolute Gasteiger partial charge is 0.160 e. The molecule has 1 aromatic heterocycles. The van der Waals surface area contributed by atoms with Gasteiger partial charge in [0, 0.05) is 22.1 Å². The van der Waals surface area contributed by atoms with Gasteiger partial charge in [-0.15, -0.1) is 0 Å². The van der Waals surface area contributed by atoms with Crippen LogP contribution in [0, 0.1) is 0 Å².